The fourth-order valence-corrected chi connectivity index (χ4v) is 2.15. The Kier molecular flexibility index (Phi) is 4.42. The lowest BCUT2D eigenvalue weighted by Crippen LogP contribution is -2.30. The molecule has 2 rings (SSSR count). The van der Waals surface area contributed by atoms with Gasteiger partial charge in [-0.2, -0.15) is 4.91 Å². The minimum Gasteiger partial charge on any atom is -0.312 e. The van der Waals surface area contributed by atoms with E-state index in [4.69, 9.17) is 0 Å². The summed E-state index contributed by atoms with van der Waals surface area (Å²) >= 11 is 0. The van der Waals surface area contributed by atoms with Crippen LogP contribution in [-0.4, -0.2) is 19.1 Å². The Hall–Kier alpha value is -1.74. The van der Waals surface area contributed by atoms with Crippen molar-refractivity contribution in [2.24, 2.45) is 5.18 Å². The molecule has 2 aromatic rings. The molecule has 0 bridgehead atoms. The van der Waals surface area contributed by atoms with E-state index in [-0.39, 0.29) is 0 Å². The normalized spacial score (nSPS) is 12.5. The van der Waals surface area contributed by atoms with E-state index < -0.39 is 0 Å². The van der Waals surface area contributed by atoms with Crippen LogP contribution in [0.15, 0.2) is 47.6 Å². The van der Waals surface area contributed by atoms with Gasteiger partial charge in [0.15, 0.2) is 0 Å². The number of hydrogen-bond acceptors (Lipinski definition) is 3. The van der Waals surface area contributed by atoms with Crippen molar-refractivity contribution in [2.45, 2.75) is 19.4 Å². The second-order valence-electron chi connectivity index (χ2n) is 4.59. The molecule has 0 aliphatic rings. The highest BCUT2D eigenvalue weighted by Gasteiger charge is 2.03. The van der Waals surface area contributed by atoms with Gasteiger partial charge in [0, 0.05) is 12.6 Å². The van der Waals surface area contributed by atoms with Crippen LogP contribution in [0.25, 0.3) is 10.8 Å². The number of fused-ring (bicyclic) bond motifs is 1. The van der Waals surface area contributed by atoms with Gasteiger partial charge in [-0.15, -0.1) is 0 Å². The summed E-state index contributed by atoms with van der Waals surface area (Å²) in [6.07, 6.45) is 0.962. The maximum atomic E-state index is 10.0. The predicted octanol–water partition coefficient (Wildman–Crippen LogP) is 3.13. The smallest absolute Gasteiger partial charge is 0.0935 e. The van der Waals surface area contributed by atoms with Crippen molar-refractivity contribution in [3.63, 3.8) is 0 Å². The maximum absolute atomic E-state index is 10.0. The second kappa shape index (κ2) is 6.26. The van der Waals surface area contributed by atoms with Crippen molar-refractivity contribution in [1.82, 2.24) is 5.32 Å². The maximum Gasteiger partial charge on any atom is 0.0935 e. The quantitative estimate of drug-likeness (QED) is 0.624. The highest BCUT2D eigenvalue weighted by molar-refractivity contribution is 5.82. The number of hydrogen-bond donors (Lipinski definition) is 1. The van der Waals surface area contributed by atoms with Gasteiger partial charge in [-0.05, 0) is 29.7 Å². The van der Waals surface area contributed by atoms with Crippen LogP contribution >= 0.6 is 0 Å². The average molecular weight is 242 g/mol. The first-order chi connectivity index (χ1) is 8.79. The summed E-state index contributed by atoms with van der Waals surface area (Å²) in [6, 6.07) is 15.3. The Balaban J connectivity index is 2.00. The monoisotopic (exact) mass is 242 g/mol. The average Bonchev–Trinajstić information content (AvgIpc) is 2.39. The van der Waals surface area contributed by atoms with Crippen molar-refractivity contribution < 1.29 is 0 Å². The number of rotatable bonds is 6. The van der Waals surface area contributed by atoms with E-state index in [9.17, 15) is 4.91 Å². The molecule has 0 aromatic heterocycles. The van der Waals surface area contributed by atoms with Crippen molar-refractivity contribution in [3.05, 3.63) is 52.9 Å². The lowest BCUT2D eigenvalue weighted by molar-refractivity contribution is 0.553. The fourth-order valence-electron chi connectivity index (χ4n) is 2.15. The molecule has 0 aliphatic heterocycles. The molecule has 0 radical (unpaired) electrons. The summed E-state index contributed by atoms with van der Waals surface area (Å²) in [4.78, 5) is 10.0. The van der Waals surface area contributed by atoms with E-state index in [0.717, 1.165) is 6.42 Å². The third-order valence-electron chi connectivity index (χ3n) is 3.05. The Morgan fingerprint density at radius 2 is 1.94 bits per heavy atom. The first-order valence-electron chi connectivity index (χ1n) is 6.30. The minimum absolute atomic E-state index is 0.335. The topological polar surface area (TPSA) is 41.5 Å². The highest BCUT2D eigenvalue weighted by atomic mass is 16.3. The summed E-state index contributed by atoms with van der Waals surface area (Å²) < 4.78 is 0. The van der Waals surface area contributed by atoms with Crippen molar-refractivity contribution >= 4 is 10.8 Å². The van der Waals surface area contributed by atoms with Gasteiger partial charge in [-0.1, -0.05) is 47.6 Å². The summed E-state index contributed by atoms with van der Waals surface area (Å²) in [5.41, 5.74) is 1.31. The molecule has 18 heavy (non-hydrogen) atoms. The van der Waals surface area contributed by atoms with Gasteiger partial charge in [-0.25, -0.2) is 0 Å². The number of nitroso groups, excluding NO2 is 1. The van der Waals surface area contributed by atoms with Crippen molar-refractivity contribution in [2.75, 3.05) is 13.1 Å². The fraction of sp³-hybridized carbons (Fsp3) is 0.333. The van der Waals surface area contributed by atoms with E-state index in [1.165, 1.54) is 16.3 Å². The molecule has 1 unspecified atom stereocenters. The highest BCUT2D eigenvalue weighted by Crippen LogP contribution is 2.16. The van der Waals surface area contributed by atoms with E-state index >= 15 is 0 Å². The molecule has 1 atom stereocenters. The van der Waals surface area contributed by atoms with Gasteiger partial charge in [-0.3, -0.25) is 0 Å². The molecule has 0 amide bonds. The van der Waals surface area contributed by atoms with Crippen LogP contribution < -0.4 is 5.32 Å². The summed E-state index contributed by atoms with van der Waals surface area (Å²) in [7, 11) is 0. The van der Waals surface area contributed by atoms with E-state index in [1.807, 2.05) is 0 Å². The molecular formula is C15H18N2O. The van der Waals surface area contributed by atoms with Gasteiger partial charge < -0.3 is 5.32 Å². The predicted molar refractivity (Wildman–Crippen MR) is 75.8 cm³/mol. The van der Waals surface area contributed by atoms with Gasteiger partial charge in [0.1, 0.15) is 0 Å². The molecule has 1 N–H and O–H groups in total. The van der Waals surface area contributed by atoms with E-state index in [2.05, 4.69) is 59.9 Å². The zero-order valence-corrected chi connectivity index (χ0v) is 10.6. The Morgan fingerprint density at radius 3 is 2.72 bits per heavy atom. The van der Waals surface area contributed by atoms with E-state index in [1.54, 1.807) is 0 Å². The molecule has 0 saturated carbocycles. The first kappa shape index (κ1) is 12.7. The lowest BCUT2D eigenvalue weighted by Gasteiger charge is -2.13. The Labute approximate surface area is 107 Å². The van der Waals surface area contributed by atoms with Gasteiger partial charge in [0.25, 0.3) is 0 Å². The van der Waals surface area contributed by atoms with Crippen LogP contribution in [0.3, 0.4) is 0 Å². The summed E-state index contributed by atoms with van der Waals surface area (Å²) in [5.74, 6) is 0. The van der Waals surface area contributed by atoms with Crippen LogP contribution in [0.1, 0.15) is 12.5 Å². The van der Waals surface area contributed by atoms with Gasteiger partial charge >= 0.3 is 0 Å². The molecule has 0 saturated heterocycles. The van der Waals surface area contributed by atoms with Crippen LogP contribution in [0, 0.1) is 4.91 Å². The third kappa shape index (κ3) is 3.37. The van der Waals surface area contributed by atoms with E-state index in [0.29, 0.717) is 19.1 Å². The molecule has 0 fully saturated rings. The zero-order chi connectivity index (χ0) is 12.8. The van der Waals surface area contributed by atoms with Crippen molar-refractivity contribution in [1.29, 1.82) is 0 Å². The van der Waals surface area contributed by atoms with Gasteiger partial charge in [0.2, 0.25) is 0 Å². The van der Waals surface area contributed by atoms with Gasteiger partial charge in [0.05, 0.1) is 6.54 Å². The minimum atomic E-state index is 0.335. The molecule has 3 heteroatoms. The molecule has 2 aromatic carbocycles. The first-order valence-corrected chi connectivity index (χ1v) is 6.30. The Morgan fingerprint density at radius 1 is 1.17 bits per heavy atom. The number of nitrogens with one attached hydrogen (secondary N) is 1. The number of benzene rings is 2. The standard InChI is InChI=1S/C15H18N2O/c1-12(16-8-9-17-18)10-13-6-7-14-4-2-3-5-15(14)11-13/h2-7,11-12,16H,8-10H2,1H3. The lowest BCUT2D eigenvalue weighted by atomic mass is 10.0. The number of nitrogens with zero attached hydrogens (tertiary/aromatic N) is 1. The van der Waals surface area contributed by atoms with Crippen LogP contribution in [0.4, 0.5) is 0 Å². The Bertz CT molecular complexity index is 525. The SMILES string of the molecule is CC(Cc1ccc2ccccc2c1)NCCN=O. The summed E-state index contributed by atoms with van der Waals surface area (Å²) in [6.45, 7) is 3.11. The second-order valence-corrected chi connectivity index (χ2v) is 4.59. The molecule has 0 heterocycles. The molecular weight excluding hydrogens is 224 g/mol. The molecule has 3 nitrogen and oxygen atoms in total. The van der Waals surface area contributed by atoms with Crippen LogP contribution in [0.2, 0.25) is 0 Å². The van der Waals surface area contributed by atoms with Crippen molar-refractivity contribution in [3.8, 4) is 0 Å². The zero-order valence-electron chi connectivity index (χ0n) is 10.6. The largest absolute Gasteiger partial charge is 0.312 e. The van der Waals surface area contributed by atoms with Crippen LogP contribution in [0.5, 0.6) is 0 Å². The molecule has 94 valence electrons. The summed E-state index contributed by atoms with van der Waals surface area (Å²) in [5, 5.41) is 8.67. The van der Waals surface area contributed by atoms with Crippen LogP contribution in [-0.2, 0) is 6.42 Å². The third-order valence-corrected chi connectivity index (χ3v) is 3.05. The molecule has 0 spiro atoms. The molecule has 0 aliphatic carbocycles.